The third-order valence-corrected chi connectivity index (χ3v) is 2.91. The third-order valence-electron chi connectivity index (χ3n) is 2.91. The van der Waals surface area contributed by atoms with Crippen molar-refractivity contribution in [3.05, 3.63) is 17.7 Å². The number of rotatable bonds is 1. The molecule has 0 N–H and O–H groups in total. The van der Waals surface area contributed by atoms with Crippen molar-refractivity contribution in [2.75, 3.05) is 13.7 Å². The molecular formula is C15H25N3O4. The summed E-state index contributed by atoms with van der Waals surface area (Å²) in [5.41, 5.74) is -0.118. The fourth-order valence-corrected chi connectivity index (χ4v) is 2.01. The van der Waals surface area contributed by atoms with Gasteiger partial charge in [-0.15, -0.1) is 0 Å². The number of nitrogens with zero attached hydrogens (tertiary/aromatic N) is 3. The van der Waals surface area contributed by atoms with Gasteiger partial charge >= 0.3 is 12.1 Å². The molecule has 0 aromatic carbocycles. The minimum absolute atomic E-state index is 0.325. The predicted octanol–water partition coefficient (Wildman–Crippen LogP) is 2.45. The highest BCUT2D eigenvalue weighted by atomic mass is 16.6. The summed E-state index contributed by atoms with van der Waals surface area (Å²) in [5.74, 6) is 0.233. The summed E-state index contributed by atoms with van der Waals surface area (Å²) >= 11 is 0. The van der Waals surface area contributed by atoms with Gasteiger partial charge in [0.15, 0.2) is 0 Å². The number of aromatic nitrogens is 2. The maximum atomic E-state index is 12.0. The second kappa shape index (κ2) is 7.29. The molecule has 1 aromatic heterocycles. The summed E-state index contributed by atoms with van der Waals surface area (Å²) in [6, 6.07) is 0. The van der Waals surface area contributed by atoms with Gasteiger partial charge in [-0.05, 0) is 20.8 Å². The van der Waals surface area contributed by atoms with Gasteiger partial charge in [-0.2, -0.15) is 0 Å². The molecule has 0 bridgehead atoms. The maximum absolute atomic E-state index is 12.0. The number of esters is 1. The van der Waals surface area contributed by atoms with Crippen LogP contribution >= 0.6 is 0 Å². The van der Waals surface area contributed by atoms with Crippen molar-refractivity contribution in [1.82, 2.24) is 14.5 Å². The average molecular weight is 311 g/mol. The normalized spacial score (nSPS) is 13.6. The standard InChI is InChI=1S/C13H19N3O4.C2H6/c1-13(2,3)20-12(18)15-5-6-16-9(11(17)19-4)7-14-10(16)8-15;1-2/h7H,5-6,8H2,1-4H3;1-2H3. The second-order valence-corrected chi connectivity index (χ2v) is 5.60. The van der Waals surface area contributed by atoms with Crippen molar-refractivity contribution in [3.63, 3.8) is 0 Å². The highest BCUT2D eigenvalue weighted by Crippen LogP contribution is 2.18. The van der Waals surface area contributed by atoms with Crippen molar-refractivity contribution >= 4 is 12.1 Å². The van der Waals surface area contributed by atoms with Gasteiger partial charge in [-0.1, -0.05) is 13.8 Å². The minimum atomic E-state index is -0.527. The van der Waals surface area contributed by atoms with Crippen molar-refractivity contribution in [1.29, 1.82) is 0 Å². The number of carbonyl (C=O) groups is 2. The highest BCUT2D eigenvalue weighted by Gasteiger charge is 2.28. The lowest BCUT2D eigenvalue weighted by Crippen LogP contribution is -2.42. The van der Waals surface area contributed by atoms with Crippen LogP contribution < -0.4 is 0 Å². The Balaban J connectivity index is 0.00000116. The summed E-state index contributed by atoms with van der Waals surface area (Å²) in [4.78, 5) is 29.3. The van der Waals surface area contributed by atoms with Crippen LogP contribution in [0.1, 0.15) is 50.9 Å². The second-order valence-electron chi connectivity index (χ2n) is 5.60. The van der Waals surface area contributed by atoms with Gasteiger partial charge in [0.25, 0.3) is 0 Å². The van der Waals surface area contributed by atoms with Gasteiger partial charge in [0, 0.05) is 13.1 Å². The van der Waals surface area contributed by atoms with Crippen LogP contribution in [0.4, 0.5) is 4.79 Å². The Morgan fingerprint density at radius 3 is 2.41 bits per heavy atom. The van der Waals surface area contributed by atoms with E-state index in [1.165, 1.54) is 13.3 Å². The molecule has 0 aliphatic carbocycles. The molecule has 124 valence electrons. The van der Waals surface area contributed by atoms with Crippen LogP contribution in [0.2, 0.25) is 0 Å². The number of imidazole rings is 1. The van der Waals surface area contributed by atoms with Crippen LogP contribution in [0.3, 0.4) is 0 Å². The molecule has 1 aromatic rings. The Morgan fingerprint density at radius 1 is 1.23 bits per heavy atom. The summed E-state index contributed by atoms with van der Waals surface area (Å²) in [6.07, 6.45) is 1.10. The molecule has 7 heteroatoms. The van der Waals surface area contributed by atoms with Gasteiger partial charge in [-0.25, -0.2) is 14.6 Å². The molecule has 1 aliphatic rings. The summed E-state index contributed by atoms with van der Waals surface area (Å²) < 4.78 is 11.8. The maximum Gasteiger partial charge on any atom is 0.410 e. The average Bonchev–Trinajstić information content (AvgIpc) is 2.89. The molecule has 1 aliphatic heterocycles. The number of methoxy groups -OCH3 is 1. The van der Waals surface area contributed by atoms with Gasteiger partial charge in [0.2, 0.25) is 0 Å². The first-order valence-corrected chi connectivity index (χ1v) is 7.42. The summed E-state index contributed by atoms with van der Waals surface area (Å²) in [5, 5.41) is 0. The molecule has 2 heterocycles. The Bertz CT molecular complexity index is 531. The lowest BCUT2D eigenvalue weighted by Gasteiger charge is -2.30. The smallest absolute Gasteiger partial charge is 0.410 e. The van der Waals surface area contributed by atoms with Crippen LogP contribution in [0.25, 0.3) is 0 Å². The van der Waals surface area contributed by atoms with E-state index in [0.717, 1.165) is 0 Å². The Morgan fingerprint density at radius 2 is 1.86 bits per heavy atom. The van der Waals surface area contributed by atoms with Crippen LogP contribution in [-0.4, -0.2) is 45.8 Å². The minimum Gasteiger partial charge on any atom is -0.464 e. The summed E-state index contributed by atoms with van der Waals surface area (Å²) in [6.45, 7) is 10.8. The number of ether oxygens (including phenoxy) is 2. The SMILES string of the molecule is CC.COC(=O)c1cnc2n1CCN(C(=O)OC(C)(C)C)C2. The fraction of sp³-hybridized carbons (Fsp3) is 0.667. The van der Waals surface area contributed by atoms with Gasteiger partial charge < -0.3 is 14.0 Å². The zero-order valence-electron chi connectivity index (χ0n) is 14.2. The Labute approximate surface area is 131 Å². The van der Waals surface area contributed by atoms with E-state index in [9.17, 15) is 9.59 Å². The lowest BCUT2D eigenvalue weighted by molar-refractivity contribution is 0.0194. The molecule has 0 spiro atoms. The van der Waals surface area contributed by atoms with E-state index < -0.39 is 11.6 Å². The molecule has 2 rings (SSSR count). The highest BCUT2D eigenvalue weighted by molar-refractivity contribution is 5.87. The molecule has 7 nitrogen and oxygen atoms in total. The largest absolute Gasteiger partial charge is 0.464 e. The first-order chi connectivity index (χ1) is 10.3. The third kappa shape index (κ3) is 4.22. The number of hydrogen-bond donors (Lipinski definition) is 0. The van der Waals surface area contributed by atoms with Gasteiger partial charge in [0.1, 0.15) is 17.1 Å². The number of carbonyl (C=O) groups excluding carboxylic acids is 2. The monoisotopic (exact) mass is 311 g/mol. The van der Waals surface area contributed by atoms with Crippen molar-refractivity contribution in [2.24, 2.45) is 0 Å². The lowest BCUT2D eigenvalue weighted by atomic mass is 10.2. The Kier molecular flexibility index (Phi) is 5.96. The molecule has 0 unspecified atom stereocenters. The van der Waals surface area contributed by atoms with Crippen LogP contribution in [-0.2, 0) is 22.6 Å². The van der Waals surface area contributed by atoms with E-state index in [1.54, 1.807) is 9.47 Å². The van der Waals surface area contributed by atoms with E-state index in [2.05, 4.69) is 4.98 Å². The topological polar surface area (TPSA) is 73.7 Å². The number of fused-ring (bicyclic) bond motifs is 1. The Hall–Kier alpha value is -2.05. The first-order valence-electron chi connectivity index (χ1n) is 7.42. The molecule has 0 saturated carbocycles. The van der Waals surface area contributed by atoms with Crippen LogP contribution in [0.5, 0.6) is 0 Å². The van der Waals surface area contributed by atoms with Crippen LogP contribution in [0.15, 0.2) is 6.20 Å². The van der Waals surface area contributed by atoms with Gasteiger partial charge in [-0.3, -0.25) is 4.90 Å². The predicted molar refractivity (Wildman–Crippen MR) is 81.6 cm³/mol. The zero-order valence-corrected chi connectivity index (χ0v) is 14.2. The van der Waals surface area contributed by atoms with Crippen LogP contribution in [0, 0.1) is 0 Å². The van der Waals surface area contributed by atoms with E-state index in [4.69, 9.17) is 9.47 Å². The van der Waals surface area contributed by atoms with Gasteiger partial charge in [0.05, 0.1) is 19.9 Å². The zero-order chi connectivity index (χ0) is 16.9. The molecule has 1 amide bonds. The van der Waals surface area contributed by atoms with E-state index in [1.807, 2.05) is 34.6 Å². The first kappa shape index (κ1) is 18.0. The van der Waals surface area contributed by atoms with Crippen molar-refractivity contribution in [3.8, 4) is 0 Å². The van der Waals surface area contributed by atoms with E-state index in [0.29, 0.717) is 31.2 Å². The summed E-state index contributed by atoms with van der Waals surface area (Å²) in [7, 11) is 1.33. The molecule has 0 radical (unpaired) electrons. The van der Waals surface area contributed by atoms with Crippen molar-refractivity contribution in [2.45, 2.75) is 53.3 Å². The molecular weight excluding hydrogens is 286 g/mol. The molecule has 22 heavy (non-hydrogen) atoms. The number of amides is 1. The molecule has 0 saturated heterocycles. The van der Waals surface area contributed by atoms with Crippen molar-refractivity contribution < 1.29 is 19.1 Å². The van der Waals surface area contributed by atoms with E-state index in [-0.39, 0.29) is 6.09 Å². The van der Waals surface area contributed by atoms with E-state index >= 15 is 0 Å². The number of hydrogen-bond acceptors (Lipinski definition) is 5. The molecule has 0 fully saturated rings. The molecule has 0 atom stereocenters. The quantitative estimate of drug-likeness (QED) is 0.745. The fourth-order valence-electron chi connectivity index (χ4n) is 2.01.